The monoisotopic (exact) mass is 894 g/mol. The van der Waals surface area contributed by atoms with Crippen molar-refractivity contribution in [1.29, 1.82) is 0 Å². The predicted octanol–water partition coefficient (Wildman–Crippen LogP) is 4.19. The molecule has 0 aromatic rings. The van der Waals surface area contributed by atoms with Gasteiger partial charge in [0, 0.05) is 56.1 Å². The lowest BCUT2D eigenvalue weighted by Crippen LogP contribution is -2.62. The Morgan fingerprint density at radius 1 is 0.857 bits per heavy atom. The van der Waals surface area contributed by atoms with E-state index in [9.17, 15) is 44.4 Å². The van der Waals surface area contributed by atoms with Crippen molar-refractivity contribution < 1.29 is 82.3 Å². The first-order valence-corrected chi connectivity index (χ1v) is 22.0. The van der Waals surface area contributed by atoms with Gasteiger partial charge in [-0.05, 0) is 44.1 Å². The highest BCUT2D eigenvalue weighted by Gasteiger charge is 2.59. The summed E-state index contributed by atoms with van der Waals surface area (Å²) in [4.78, 5) is 65.1. The molecule has 4 aliphatic rings. The Balaban J connectivity index is 1.88. The molecule has 0 radical (unpaired) electrons. The van der Waals surface area contributed by atoms with Crippen molar-refractivity contribution in [2.24, 2.45) is 16.7 Å². The molecule has 17 nitrogen and oxygen atoms in total. The number of esters is 5. The number of cyclic esters (lactones) is 1. The normalized spacial score (nSPS) is 36.0. The van der Waals surface area contributed by atoms with E-state index in [2.05, 4.69) is 0 Å². The van der Waals surface area contributed by atoms with Crippen LogP contribution in [0.1, 0.15) is 126 Å². The Bertz CT molecular complexity index is 1730. The van der Waals surface area contributed by atoms with Gasteiger partial charge in [-0.3, -0.25) is 14.4 Å². The Hall–Kier alpha value is -3.71. The van der Waals surface area contributed by atoms with Crippen LogP contribution >= 0.6 is 0 Å². The summed E-state index contributed by atoms with van der Waals surface area (Å²) in [6.07, 6.45) is -4.43. The first kappa shape index (κ1) is 51.9. The standard InChI is InChI=1S/C46H70O17/c1-11-12-37(49)61-42-29(20-39(51)57-10)19-32-23-35(27(4)47)59-41(53)22-30(48)21-33-24-36(60-40(52)15-26(2)3)44(7,8)45(54,62-33)25-34-17-28(18-38(50)56-9)16-31(58-34)13-14-43(5,6)46(42,55)63-32/h13-14,18,20,26-27,30-36,42,47-48,54-55H,11-12,15-17,19,21-25H2,1-10H3/b14-13-,28-18+,29-20+/t27-,30+,31+,32+,33-,34+,35-,36+,42+,45+,46-/m1/s1. The van der Waals surface area contributed by atoms with Gasteiger partial charge >= 0.3 is 29.8 Å². The Morgan fingerprint density at radius 2 is 1.52 bits per heavy atom. The molecule has 0 aliphatic carbocycles. The lowest BCUT2D eigenvalue weighted by atomic mass is 9.70. The third-order valence-corrected chi connectivity index (χ3v) is 12.5. The molecule has 0 aromatic heterocycles. The molecule has 0 saturated carbocycles. The van der Waals surface area contributed by atoms with Crippen LogP contribution in [0.25, 0.3) is 0 Å². The molecule has 3 saturated heterocycles. The highest BCUT2D eigenvalue weighted by atomic mass is 16.7. The van der Waals surface area contributed by atoms with Gasteiger partial charge in [-0.2, -0.15) is 0 Å². The number of ether oxygens (including phenoxy) is 8. The van der Waals surface area contributed by atoms with Crippen LogP contribution < -0.4 is 0 Å². The van der Waals surface area contributed by atoms with Gasteiger partial charge < -0.3 is 58.3 Å². The zero-order chi connectivity index (χ0) is 47.1. The summed E-state index contributed by atoms with van der Waals surface area (Å²) in [5, 5.41) is 47.7. The molecule has 6 bridgehead atoms. The van der Waals surface area contributed by atoms with Gasteiger partial charge in [0.1, 0.15) is 12.2 Å². The van der Waals surface area contributed by atoms with Gasteiger partial charge in [0.25, 0.3) is 0 Å². The zero-order valence-corrected chi connectivity index (χ0v) is 38.5. The molecule has 0 unspecified atom stereocenters. The SMILES string of the molecule is CCCC(=O)O[C@H]1/C(=C/C(=O)OC)C[C@H]2C[C@H]([C@@H](C)O)OC(=O)C[C@@H](O)C[C@@H]3C[C@H](OC(=O)CC(C)C)C(C)(C)[C@](O)(C[C@@H]4C/C(=C/C(=O)OC)C[C@H](/C=C\C(C)(C)[C@]1(O)O2)O4)O3. The maximum Gasteiger partial charge on any atom is 0.330 e. The fourth-order valence-electron chi connectivity index (χ4n) is 8.68. The number of methoxy groups -OCH3 is 2. The maximum absolute atomic E-state index is 13.5. The van der Waals surface area contributed by atoms with Gasteiger partial charge in [0.2, 0.25) is 5.79 Å². The highest BCUT2D eigenvalue weighted by molar-refractivity contribution is 5.83. The van der Waals surface area contributed by atoms with Crippen LogP contribution in [-0.4, -0.2) is 131 Å². The predicted molar refractivity (Wildman–Crippen MR) is 224 cm³/mol. The first-order valence-electron chi connectivity index (χ1n) is 22.0. The number of carbonyl (C=O) groups excluding carboxylic acids is 5. The lowest BCUT2D eigenvalue weighted by molar-refractivity contribution is -0.349. The summed E-state index contributed by atoms with van der Waals surface area (Å²) in [7, 11) is 2.42. The van der Waals surface area contributed by atoms with Crippen LogP contribution in [0.5, 0.6) is 0 Å². The minimum atomic E-state index is -2.41. The average Bonchev–Trinajstić information content (AvgIpc) is 3.16. The molecule has 4 rings (SSSR count). The quantitative estimate of drug-likeness (QED) is 0.110. The second-order valence-corrected chi connectivity index (χ2v) is 19.0. The third-order valence-electron chi connectivity index (χ3n) is 12.5. The Morgan fingerprint density at radius 3 is 2.14 bits per heavy atom. The van der Waals surface area contributed by atoms with Crippen LogP contribution in [-0.2, 0) is 61.9 Å². The third kappa shape index (κ3) is 13.2. The molecule has 4 aliphatic heterocycles. The van der Waals surface area contributed by atoms with Gasteiger partial charge in [0.15, 0.2) is 11.9 Å². The molecule has 0 spiro atoms. The van der Waals surface area contributed by atoms with Crippen molar-refractivity contribution in [3.63, 3.8) is 0 Å². The summed E-state index contributed by atoms with van der Waals surface area (Å²) in [6.45, 7) is 13.6. The van der Waals surface area contributed by atoms with E-state index < -0.39 is 114 Å². The number of hydrogen-bond donors (Lipinski definition) is 4. The molecule has 356 valence electrons. The summed E-state index contributed by atoms with van der Waals surface area (Å²) < 4.78 is 47.0. The van der Waals surface area contributed by atoms with Crippen molar-refractivity contribution in [2.45, 2.75) is 193 Å². The summed E-state index contributed by atoms with van der Waals surface area (Å²) >= 11 is 0. The molecule has 11 atom stereocenters. The number of aliphatic hydroxyl groups excluding tert-OH is 2. The molecule has 17 heteroatoms. The van der Waals surface area contributed by atoms with Crippen molar-refractivity contribution in [3.05, 3.63) is 35.5 Å². The molecule has 4 heterocycles. The summed E-state index contributed by atoms with van der Waals surface area (Å²) in [6, 6.07) is 0. The van der Waals surface area contributed by atoms with Crippen molar-refractivity contribution >= 4 is 29.8 Å². The van der Waals surface area contributed by atoms with E-state index in [0.717, 1.165) is 6.08 Å². The van der Waals surface area contributed by atoms with E-state index in [-0.39, 0.29) is 69.3 Å². The van der Waals surface area contributed by atoms with E-state index in [0.29, 0.717) is 12.0 Å². The van der Waals surface area contributed by atoms with Crippen molar-refractivity contribution in [2.75, 3.05) is 14.2 Å². The van der Waals surface area contributed by atoms with Crippen LogP contribution in [0.4, 0.5) is 0 Å². The summed E-state index contributed by atoms with van der Waals surface area (Å²) in [5.74, 6) is -7.91. The zero-order valence-electron chi connectivity index (χ0n) is 38.5. The Labute approximate surface area is 370 Å². The first-order chi connectivity index (χ1) is 29.3. The average molecular weight is 895 g/mol. The fraction of sp³-hybridized carbons (Fsp3) is 0.761. The lowest BCUT2D eigenvalue weighted by Gasteiger charge is -2.54. The molecular formula is C46H70O17. The molecule has 3 fully saturated rings. The van der Waals surface area contributed by atoms with Gasteiger partial charge in [-0.25, -0.2) is 9.59 Å². The second-order valence-electron chi connectivity index (χ2n) is 19.0. The van der Waals surface area contributed by atoms with Gasteiger partial charge in [0.05, 0.1) is 62.7 Å². The smallest absolute Gasteiger partial charge is 0.330 e. The Kier molecular flexibility index (Phi) is 17.7. The van der Waals surface area contributed by atoms with Crippen LogP contribution in [0.2, 0.25) is 0 Å². The van der Waals surface area contributed by atoms with Gasteiger partial charge in [-0.1, -0.05) is 66.2 Å². The van der Waals surface area contributed by atoms with E-state index in [1.165, 1.54) is 27.2 Å². The second kappa shape index (κ2) is 21.5. The van der Waals surface area contributed by atoms with E-state index in [1.54, 1.807) is 46.8 Å². The number of hydrogen-bond acceptors (Lipinski definition) is 17. The number of rotatable bonds is 9. The molecule has 4 N–H and O–H groups in total. The maximum atomic E-state index is 13.5. The molecule has 0 aromatic carbocycles. The fourth-order valence-corrected chi connectivity index (χ4v) is 8.68. The molecule has 0 amide bonds. The largest absolute Gasteiger partial charge is 0.466 e. The topological polar surface area (TPSA) is 240 Å². The number of carbonyl (C=O) groups is 5. The van der Waals surface area contributed by atoms with Crippen LogP contribution in [0.3, 0.4) is 0 Å². The minimum absolute atomic E-state index is 0.00780. The molecular weight excluding hydrogens is 824 g/mol. The van der Waals surface area contributed by atoms with Crippen molar-refractivity contribution in [3.8, 4) is 0 Å². The minimum Gasteiger partial charge on any atom is -0.466 e. The summed E-state index contributed by atoms with van der Waals surface area (Å²) in [5.41, 5.74) is -1.97. The van der Waals surface area contributed by atoms with Crippen LogP contribution in [0.15, 0.2) is 35.5 Å². The molecule has 63 heavy (non-hydrogen) atoms. The van der Waals surface area contributed by atoms with E-state index in [1.807, 2.05) is 13.8 Å². The van der Waals surface area contributed by atoms with Crippen LogP contribution in [0, 0.1) is 16.7 Å². The van der Waals surface area contributed by atoms with E-state index >= 15 is 0 Å². The van der Waals surface area contributed by atoms with E-state index in [4.69, 9.17) is 37.9 Å². The van der Waals surface area contributed by atoms with Crippen molar-refractivity contribution in [1.82, 2.24) is 0 Å². The number of aliphatic hydroxyl groups is 4. The number of fused-ring (bicyclic) bond motifs is 6. The van der Waals surface area contributed by atoms with Gasteiger partial charge in [-0.15, -0.1) is 0 Å². The highest BCUT2D eigenvalue weighted by Crippen LogP contribution is 2.50.